The third-order valence-corrected chi connectivity index (χ3v) is 2.63. The van der Waals surface area contributed by atoms with Gasteiger partial charge in [0, 0.05) is 24.9 Å². The Morgan fingerprint density at radius 2 is 2.10 bits per heavy atom. The molecule has 1 aromatic rings. The molecule has 1 aromatic carbocycles. The van der Waals surface area contributed by atoms with Crippen molar-refractivity contribution in [1.82, 2.24) is 10.7 Å². The standard InChI is InChI=1S/C14H18N4O2S/c1-11(2)10-15-14(21)17-16-9-3-4-12-5-7-13(8-6-12)18(19)20/h3-9,11H,10H2,1-2H3,(H2,15,17,21)/b4-3-,16-9+. The Hall–Kier alpha value is -2.28. The molecule has 1 rings (SSSR count). The van der Waals surface area contributed by atoms with Crippen LogP contribution in [0.25, 0.3) is 6.08 Å². The highest BCUT2D eigenvalue weighted by molar-refractivity contribution is 7.80. The van der Waals surface area contributed by atoms with E-state index in [2.05, 4.69) is 29.7 Å². The van der Waals surface area contributed by atoms with E-state index in [0.717, 1.165) is 12.1 Å². The summed E-state index contributed by atoms with van der Waals surface area (Å²) in [6.45, 7) is 4.97. The van der Waals surface area contributed by atoms with Crippen LogP contribution in [0.4, 0.5) is 5.69 Å². The molecule has 0 unspecified atom stereocenters. The molecule has 0 aromatic heterocycles. The smallest absolute Gasteiger partial charge is 0.269 e. The molecule has 0 saturated carbocycles. The summed E-state index contributed by atoms with van der Waals surface area (Å²) in [6.07, 6.45) is 5.07. The van der Waals surface area contributed by atoms with Crippen LogP contribution in [0.3, 0.4) is 0 Å². The Labute approximate surface area is 129 Å². The van der Waals surface area contributed by atoms with E-state index in [4.69, 9.17) is 12.2 Å². The third kappa shape index (κ3) is 7.17. The molecule has 7 heteroatoms. The maximum Gasteiger partial charge on any atom is 0.269 e. The molecule has 0 atom stereocenters. The monoisotopic (exact) mass is 306 g/mol. The zero-order valence-corrected chi connectivity index (χ0v) is 12.8. The predicted molar refractivity (Wildman–Crippen MR) is 89.2 cm³/mol. The van der Waals surface area contributed by atoms with Gasteiger partial charge in [0.25, 0.3) is 5.69 Å². The van der Waals surface area contributed by atoms with Crippen LogP contribution in [-0.2, 0) is 0 Å². The first-order valence-electron chi connectivity index (χ1n) is 6.47. The second kappa shape index (κ2) is 8.80. The number of rotatable bonds is 6. The Morgan fingerprint density at radius 3 is 2.67 bits per heavy atom. The number of allylic oxidation sites excluding steroid dienone is 1. The molecule has 0 aliphatic rings. The van der Waals surface area contributed by atoms with Gasteiger partial charge in [-0.3, -0.25) is 15.5 Å². The van der Waals surface area contributed by atoms with E-state index >= 15 is 0 Å². The average Bonchev–Trinajstić information content (AvgIpc) is 2.45. The summed E-state index contributed by atoms with van der Waals surface area (Å²) in [5.74, 6) is 0.510. The number of hydrogen-bond donors (Lipinski definition) is 2. The molecule has 0 heterocycles. The minimum atomic E-state index is -0.427. The third-order valence-electron chi connectivity index (χ3n) is 2.39. The summed E-state index contributed by atoms with van der Waals surface area (Å²) in [5.41, 5.74) is 3.62. The summed E-state index contributed by atoms with van der Waals surface area (Å²) < 4.78 is 0. The van der Waals surface area contributed by atoms with Crippen LogP contribution >= 0.6 is 12.2 Å². The highest BCUT2D eigenvalue weighted by Gasteiger charge is 2.01. The predicted octanol–water partition coefficient (Wildman–Crippen LogP) is 2.71. The van der Waals surface area contributed by atoms with E-state index in [9.17, 15) is 10.1 Å². The van der Waals surface area contributed by atoms with Gasteiger partial charge < -0.3 is 5.32 Å². The van der Waals surface area contributed by atoms with E-state index in [-0.39, 0.29) is 5.69 Å². The van der Waals surface area contributed by atoms with Crippen LogP contribution in [0.5, 0.6) is 0 Å². The van der Waals surface area contributed by atoms with Crippen molar-refractivity contribution in [3.05, 3.63) is 46.0 Å². The van der Waals surface area contributed by atoms with E-state index in [1.54, 1.807) is 30.5 Å². The molecule has 0 amide bonds. The topological polar surface area (TPSA) is 79.6 Å². The summed E-state index contributed by atoms with van der Waals surface area (Å²) in [5, 5.41) is 17.9. The van der Waals surface area contributed by atoms with Crippen LogP contribution in [0.1, 0.15) is 19.4 Å². The molecule has 0 fully saturated rings. The zero-order chi connectivity index (χ0) is 15.7. The van der Waals surface area contributed by atoms with Crippen molar-refractivity contribution in [2.24, 2.45) is 11.0 Å². The first kappa shape index (κ1) is 16.8. The van der Waals surface area contributed by atoms with Crippen molar-refractivity contribution in [3.8, 4) is 0 Å². The van der Waals surface area contributed by atoms with E-state index in [0.29, 0.717) is 11.0 Å². The molecule has 0 aliphatic heterocycles. The summed E-state index contributed by atoms with van der Waals surface area (Å²) in [7, 11) is 0. The van der Waals surface area contributed by atoms with E-state index in [1.165, 1.54) is 12.1 Å². The van der Waals surface area contributed by atoms with Gasteiger partial charge in [-0.25, -0.2) is 0 Å². The summed E-state index contributed by atoms with van der Waals surface area (Å²) in [4.78, 5) is 10.1. The Balaban J connectivity index is 2.38. The number of nitro groups is 1. The van der Waals surface area contributed by atoms with Gasteiger partial charge in [0.15, 0.2) is 5.11 Å². The maximum atomic E-state index is 10.5. The number of nitro benzene ring substituents is 1. The molecule has 0 spiro atoms. The zero-order valence-electron chi connectivity index (χ0n) is 11.9. The maximum absolute atomic E-state index is 10.5. The Kier molecular flexibility index (Phi) is 7.03. The average molecular weight is 306 g/mol. The van der Waals surface area contributed by atoms with E-state index < -0.39 is 4.92 Å². The van der Waals surface area contributed by atoms with Gasteiger partial charge in [-0.15, -0.1) is 0 Å². The quantitative estimate of drug-likeness (QED) is 0.365. The Morgan fingerprint density at radius 1 is 1.43 bits per heavy atom. The van der Waals surface area contributed by atoms with Gasteiger partial charge in [0.05, 0.1) is 4.92 Å². The number of nitrogens with zero attached hydrogens (tertiary/aromatic N) is 2. The fraction of sp³-hybridized carbons (Fsp3) is 0.286. The van der Waals surface area contributed by atoms with E-state index in [1.807, 2.05) is 0 Å². The van der Waals surface area contributed by atoms with Gasteiger partial charge in [-0.1, -0.05) is 19.9 Å². The fourth-order valence-electron chi connectivity index (χ4n) is 1.34. The lowest BCUT2D eigenvalue weighted by Crippen LogP contribution is -2.34. The van der Waals surface area contributed by atoms with Gasteiger partial charge >= 0.3 is 0 Å². The van der Waals surface area contributed by atoms with Crippen molar-refractivity contribution in [1.29, 1.82) is 0 Å². The molecular weight excluding hydrogens is 288 g/mol. The lowest BCUT2D eigenvalue weighted by atomic mass is 10.2. The molecule has 0 saturated heterocycles. The van der Waals surface area contributed by atoms with Crippen molar-refractivity contribution >= 4 is 35.3 Å². The number of benzene rings is 1. The number of nitrogens with one attached hydrogen (secondary N) is 2. The fourth-order valence-corrected chi connectivity index (χ4v) is 1.47. The van der Waals surface area contributed by atoms with Crippen molar-refractivity contribution < 1.29 is 4.92 Å². The highest BCUT2D eigenvalue weighted by atomic mass is 32.1. The summed E-state index contributed by atoms with van der Waals surface area (Å²) >= 11 is 5.03. The molecule has 0 bridgehead atoms. The normalized spacial score (nSPS) is 11.2. The van der Waals surface area contributed by atoms with Crippen molar-refractivity contribution in [2.45, 2.75) is 13.8 Å². The summed E-state index contributed by atoms with van der Waals surface area (Å²) in [6, 6.07) is 6.26. The highest BCUT2D eigenvalue weighted by Crippen LogP contribution is 2.12. The van der Waals surface area contributed by atoms with Crippen molar-refractivity contribution in [2.75, 3.05) is 6.54 Å². The molecule has 2 N–H and O–H groups in total. The number of hydrogen-bond acceptors (Lipinski definition) is 4. The number of non-ortho nitro benzene ring substituents is 1. The van der Waals surface area contributed by atoms with Crippen LogP contribution in [0.15, 0.2) is 35.4 Å². The molecule has 0 radical (unpaired) electrons. The second-order valence-electron chi connectivity index (χ2n) is 4.70. The first-order chi connectivity index (χ1) is 9.99. The molecule has 0 aliphatic carbocycles. The number of hydrazone groups is 1. The SMILES string of the molecule is CC(C)CNC(=S)N/N=C/C=C\c1ccc([N+](=O)[O-])cc1. The van der Waals surface area contributed by atoms with Gasteiger partial charge in [-0.05, 0) is 41.9 Å². The lowest BCUT2D eigenvalue weighted by Gasteiger charge is -2.08. The van der Waals surface area contributed by atoms with Gasteiger partial charge in [0.2, 0.25) is 0 Å². The minimum absolute atomic E-state index is 0.0732. The molecule has 6 nitrogen and oxygen atoms in total. The van der Waals surface area contributed by atoms with Crippen LogP contribution in [0.2, 0.25) is 0 Å². The largest absolute Gasteiger partial charge is 0.361 e. The van der Waals surface area contributed by atoms with Crippen LogP contribution < -0.4 is 10.7 Å². The van der Waals surface area contributed by atoms with Crippen molar-refractivity contribution in [3.63, 3.8) is 0 Å². The lowest BCUT2D eigenvalue weighted by molar-refractivity contribution is -0.384. The van der Waals surface area contributed by atoms with Crippen LogP contribution in [0, 0.1) is 16.0 Å². The Bertz CT molecular complexity index is 538. The first-order valence-corrected chi connectivity index (χ1v) is 6.88. The molecule has 112 valence electrons. The molecule has 21 heavy (non-hydrogen) atoms. The minimum Gasteiger partial charge on any atom is -0.361 e. The van der Waals surface area contributed by atoms with Crippen LogP contribution in [-0.4, -0.2) is 22.8 Å². The second-order valence-corrected chi connectivity index (χ2v) is 5.11. The number of thiocarbonyl (C=S) groups is 1. The molecular formula is C14H18N4O2S. The van der Waals surface area contributed by atoms with Gasteiger partial charge in [0.1, 0.15) is 0 Å². The van der Waals surface area contributed by atoms with Gasteiger partial charge in [-0.2, -0.15) is 5.10 Å².